The van der Waals surface area contributed by atoms with Crippen LogP contribution in [-0.2, 0) is 9.53 Å². The van der Waals surface area contributed by atoms with Gasteiger partial charge >= 0.3 is 0 Å². The number of hydrogen-bond donors (Lipinski definition) is 1. The van der Waals surface area contributed by atoms with Crippen molar-refractivity contribution in [2.24, 2.45) is 0 Å². The van der Waals surface area contributed by atoms with Crippen LogP contribution in [0.4, 0.5) is 4.39 Å². The van der Waals surface area contributed by atoms with E-state index in [4.69, 9.17) is 4.74 Å². The molecule has 21 heavy (non-hydrogen) atoms. The molecule has 1 aliphatic rings. The molecule has 1 saturated heterocycles. The predicted molar refractivity (Wildman–Crippen MR) is 76.5 cm³/mol. The Bertz CT molecular complexity index is 501. The van der Waals surface area contributed by atoms with Crippen LogP contribution in [0, 0.1) is 5.82 Å². The van der Waals surface area contributed by atoms with Gasteiger partial charge < -0.3 is 10.1 Å². The maximum Gasteiger partial charge on any atom is 0.220 e. The zero-order valence-electron chi connectivity index (χ0n) is 12.1. The Labute approximate surface area is 123 Å². The topological polar surface area (TPSA) is 55.4 Å². The number of Topliss-reactive ketones (excluding diaryl/α,β-unsaturated/α-hetero) is 1. The molecule has 2 rings (SSSR count). The van der Waals surface area contributed by atoms with E-state index in [0.717, 1.165) is 12.8 Å². The van der Waals surface area contributed by atoms with Gasteiger partial charge in [0, 0.05) is 31.1 Å². The van der Waals surface area contributed by atoms with Crippen LogP contribution < -0.4 is 5.32 Å². The van der Waals surface area contributed by atoms with Gasteiger partial charge in [0.1, 0.15) is 5.82 Å². The van der Waals surface area contributed by atoms with Crippen LogP contribution in [0.1, 0.15) is 43.0 Å². The molecule has 1 aliphatic heterocycles. The van der Waals surface area contributed by atoms with Crippen LogP contribution in [0.3, 0.4) is 0 Å². The summed E-state index contributed by atoms with van der Waals surface area (Å²) in [7, 11) is 0. The van der Waals surface area contributed by atoms with Gasteiger partial charge in [-0.2, -0.15) is 0 Å². The van der Waals surface area contributed by atoms with Crippen molar-refractivity contribution < 1.29 is 18.7 Å². The summed E-state index contributed by atoms with van der Waals surface area (Å²) in [6, 6.07) is 5.50. The van der Waals surface area contributed by atoms with Crippen molar-refractivity contribution in [3.05, 3.63) is 35.6 Å². The average Bonchev–Trinajstić information content (AvgIpc) is 2.45. The first-order valence-corrected chi connectivity index (χ1v) is 7.24. The van der Waals surface area contributed by atoms with Crippen molar-refractivity contribution in [1.29, 1.82) is 0 Å². The minimum atomic E-state index is -0.377. The molecule has 0 aromatic heterocycles. The van der Waals surface area contributed by atoms with Crippen LogP contribution in [0.25, 0.3) is 0 Å². The van der Waals surface area contributed by atoms with Crippen molar-refractivity contribution in [2.45, 2.75) is 44.8 Å². The van der Waals surface area contributed by atoms with Gasteiger partial charge in [0.05, 0.1) is 6.10 Å². The Morgan fingerprint density at radius 1 is 1.29 bits per heavy atom. The van der Waals surface area contributed by atoms with Crippen LogP contribution >= 0.6 is 0 Å². The Balaban J connectivity index is 1.75. The number of ketones is 1. The number of rotatable bonds is 5. The second-order valence-electron chi connectivity index (χ2n) is 5.40. The molecular formula is C16H20FNO3. The fraction of sp³-hybridized carbons (Fsp3) is 0.500. The van der Waals surface area contributed by atoms with E-state index in [1.165, 1.54) is 24.3 Å². The molecule has 1 aromatic rings. The number of halogens is 1. The first-order chi connectivity index (χ1) is 10.0. The quantitative estimate of drug-likeness (QED) is 0.849. The first kappa shape index (κ1) is 15.6. The van der Waals surface area contributed by atoms with E-state index >= 15 is 0 Å². The molecule has 0 spiro atoms. The molecule has 0 bridgehead atoms. The van der Waals surface area contributed by atoms with Gasteiger partial charge in [0.25, 0.3) is 0 Å². The smallest absolute Gasteiger partial charge is 0.220 e. The minimum Gasteiger partial charge on any atom is -0.378 e. The van der Waals surface area contributed by atoms with E-state index in [1.54, 1.807) is 0 Å². The van der Waals surface area contributed by atoms with E-state index in [1.807, 2.05) is 6.92 Å². The molecule has 2 atom stereocenters. The number of hydrogen-bond acceptors (Lipinski definition) is 3. The molecule has 4 nitrogen and oxygen atoms in total. The van der Waals surface area contributed by atoms with Gasteiger partial charge in [-0.15, -0.1) is 0 Å². The van der Waals surface area contributed by atoms with Gasteiger partial charge in [-0.1, -0.05) is 0 Å². The maximum atomic E-state index is 12.8. The lowest BCUT2D eigenvalue weighted by Crippen LogP contribution is -2.41. The van der Waals surface area contributed by atoms with Gasteiger partial charge in [0.2, 0.25) is 5.91 Å². The van der Waals surface area contributed by atoms with Crippen molar-refractivity contribution in [3.63, 3.8) is 0 Å². The molecule has 1 fully saturated rings. The fourth-order valence-corrected chi connectivity index (χ4v) is 2.44. The molecule has 1 N–H and O–H groups in total. The summed E-state index contributed by atoms with van der Waals surface area (Å²) in [5, 5.41) is 2.93. The molecule has 2 unspecified atom stereocenters. The van der Waals surface area contributed by atoms with Gasteiger partial charge in [-0.05, 0) is 44.0 Å². The summed E-state index contributed by atoms with van der Waals surface area (Å²) in [6.07, 6.45) is 2.06. The Morgan fingerprint density at radius 3 is 2.67 bits per heavy atom. The molecule has 5 heteroatoms. The first-order valence-electron chi connectivity index (χ1n) is 7.24. The number of carbonyl (C=O) groups is 2. The van der Waals surface area contributed by atoms with Gasteiger partial charge in [0.15, 0.2) is 5.78 Å². The SMILES string of the molecule is CC1CC(NC(=O)CCC(=O)c2ccc(F)cc2)CCO1. The van der Waals surface area contributed by atoms with Crippen molar-refractivity contribution >= 4 is 11.7 Å². The summed E-state index contributed by atoms with van der Waals surface area (Å²) in [6.45, 7) is 2.64. The molecule has 1 amide bonds. The molecular weight excluding hydrogens is 273 g/mol. The third-order valence-electron chi connectivity index (χ3n) is 3.60. The largest absolute Gasteiger partial charge is 0.378 e. The Morgan fingerprint density at radius 2 is 2.00 bits per heavy atom. The molecule has 0 radical (unpaired) electrons. The van der Waals surface area contributed by atoms with Gasteiger partial charge in [-0.25, -0.2) is 4.39 Å². The minimum absolute atomic E-state index is 0.121. The van der Waals surface area contributed by atoms with E-state index in [2.05, 4.69) is 5.32 Å². The summed E-state index contributed by atoms with van der Waals surface area (Å²) in [5.41, 5.74) is 0.434. The third kappa shape index (κ3) is 4.93. The van der Waals surface area contributed by atoms with Crippen molar-refractivity contribution in [3.8, 4) is 0 Å². The van der Waals surface area contributed by atoms with Crippen LogP contribution in [0.15, 0.2) is 24.3 Å². The zero-order valence-corrected chi connectivity index (χ0v) is 12.1. The summed E-state index contributed by atoms with van der Waals surface area (Å²) in [5.74, 6) is -0.645. The fourth-order valence-electron chi connectivity index (χ4n) is 2.44. The van der Waals surface area contributed by atoms with E-state index in [0.29, 0.717) is 12.2 Å². The van der Waals surface area contributed by atoms with E-state index in [-0.39, 0.29) is 42.5 Å². The maximum absolute atomic E-state index is 12.8. The number of benzene rings is 1. The second kappa shape index (κ2) is 7.31. The molecule has 1 aromatic carbocycles. The standard InChI is InChI=1S/C16H20FNO3/c1-11-10-14(8-9-21-11)18-16(20)7-6-15(19)12-2-4-13(17)5-3-12/h2-5,11,14H,6-10H2,1H3,(H,18,20). The van der Waals surface area contributed by atoms with E-state index < -0.39 is 0 Å². The number of ether oxygens (including phenoxy) is 1. The number of carbonyl (C=O) groups excluding carboxylic acids is 2. The Hall–Kier alpha value is -1.75. The lowest BCUT2D eigenvalue weighted by Gasteiger charge is -2.27. The van der Waals surface area contributed by atoms with Crippen molar-refractivity contribution in [1.82, 2.24) is 5.32 Å². The Kier molecular flexibility index (Phi) is 5.44. The molecule has 114 valence electrons. The second-order valence-corrected chi connectivity index (χ2v) is 5.40. The highest BCUT2D eigenvalue weighted by molar-refractivity contribution is 5.97. The molecule has 1 heterocycles. The normalized spacial score (nSPS) is 21.8. The summed E-state index contributed by atoms with van der Waals surface area (Å²) in [4.78, 5) is 23.7. The summed E-state index contributed by atoms with van der Waals surface area (Å²) < 4.78 is 18.2. The predicted octanol–water partition coefficient (Wildman–Crippen LogP) is 2.47. The number of nitrogens with one attached hydrogen (secondary N) is 1. The lowest BCUT2D eigenvalue weighted by molar-refractivity contribution is -0.122. The van der Waals surface area contributed by atoms with Crippen LogP contribution in [0.2, 0.25) is 0 Å². The van der Waals surface area contributed by atoms with E-state index in [9.17, 15) is 14.0 Å². The summed E-state index contributed by atoms with van der Waals surface area (Å²) >= 11 is 0. The highest BCUT2D eigenvalue weighted by Gasteiger charge is 2.21. The lowest BCUT2D eigenvalue weighted by atomic mass is 10.0. The van der Waals surface area contributed by atoms with Crippen LogP contribution in [0.5, 0.6) is 0 Å². The van der Waals surface area contributed by atoms with Crippen molar-refractivity contribution in [2.75, 3.05) is 6.61 Å². The molecule has 0 aliphatic carbocycles. The monoisotopic (exact) mass is 293 g/mol. The third-order valence-corrected chi connectivity index (χ3v) is 3.60. The molecule has 0 saturated carbocycles. The number of amides is 1. The van der Waals surface area contributed by atoms with Gasteiger partial charge in [-0.3, -0.25) is 9.59 Å². The highest BCUT2D eigenvalue weighted by atomic mass is 19.1. The van der Waals surface area contributed by atoms with Crippen LogP contribution in [-0.4, -0.2) is 30.4 Å². The zero-order chi connectivity index (χ0) is 15.2. The average molecular weight is 293 g/mol. The highest BCUT2D eigenvalue weighted by Crippen LogP contribution is 2.13.